The summed E-state index contributed by atoms with van der Waals surface area (Å²) in [5.74, 6) is 0. The van der Waals surface area contributed by atoms with Crippen LogP contribution in [0.1, 0.15) is 72.1 Å². The van der Waals surface area contributed by atoms with Gasteiger partial charge in [0.1, 0.15) is 0 Å². The van der Waals surface area contributed by atoms with E-state index in [0.29, 0.717) is 11.5 Å². The molecule has 0 radical (unpaired) electrons. The van der Waals surface area contributed by atoms with Gasteiger partial charge in [0, 0.05) is 13.1 Å². The highest BCUT2D eigenvalue weighted by atomic mass is 32.2. The van der Waals surface area contributed by atoms with Gasteiger partial charge in [-0.1, -0.05) is 25.7 Å². The lowest BCUT2D eigenvalue weighted by molar-refractivity contribution is 0.116. The van der Waals surface area contributed by atoms with Crippen LogP contribution in [0.5, 0.6) is 0 Å². The van der Waals surface area contributed by atoms with Crippen molar-refractivity contribution >= 4 is 11.0 Å². The highest BCUT2D eigenvalue weighted by Gasteiger charge is 2.47. The molecule has 2 saturated carbocycles. The zero-order valence-corrected chi connectivity index (χ0v) is 13.3. The molecule has 2 atom stereocenters. The normalized spacial score (nSPS) is 29.9. The Bertz CT molecular complexity index is 315. The smallest absolute Gasteiger partial charge is 0.0997 e. The van der Waals surface area contributed by atoms with Crippen molar-refractivity contribution < 1.29 is 4.21 Å². The summed E-state index contributed by atoms with van der Waals surface area (Å²) in [7, 11) is 1.22. The van der Waals surface area contributed by atoms with E-state index in [-0.39, 0.29) is 4.75 Å². The second-order valence-corrected chi connectivity index (χ2v) is 9.54. The molecule has 0 aromatic heterocycles. The molecule has 0 saturated heterocycles. The van der Waals surface area contributed by atoms with Crippen molar-refractivity contribution in [3.05, 3.63) is 0 Å². The van der Waals surface area contributed by atoms with Gasteiger partial charge >= 0.3 is 0 Å². The van der Waals surface area contributed by atoms with Gasteiger partial charge in [-0.15, -0.1) is 0 Å². The maximum Gasteiger partial charge on any atom is 0.0997 e. The Balaban J connectivity index is 2.14. The average molecular weight is 271 g/mol. The van der Waals surface area contributed by atoms with Crippen LogP contribution >= 0.6 is 0 Å². The fraction of sp³-hybridized carbons (Fsp3) is 1.00. The fourth-order valence-electron chi connectivity index (χ4n) is 4.07. The fourth-order valence-corrected chi connectivity index (χ4v) is 5.50. The van der Waals surface area contributed by atoms with Crippen molar-refractivity contribution in [1.82, 2.24) is 4.31 Å². The van der Waals surface area contributed by atoms with Crippen LogP contribution in [0.25, 0.3) is 0 Å². The summed E-state index contributed by atoms with van der Waals surface area (Å²) in [6.45, 7) is 6.26. The first-order valence-corrected chi connectivity index (χ1v) is 8.62. The zero-order chi connectivity index (χ0) is 13.4. The van der Waals surface area contributed by atoms with Crippen LogP contribution in [0.15, 0.2) is 0 Å². The van der Waals surface area contributed by atoms with E-state index in [4.69, 9.17) is 0 Å². The predicted molar refractivity (Wildman–Crippen MR) is 78.8 cm³/mol. The average Bonchev–Trinajstić information content (AvgIpc) is 2.70. The molecule has 0 amide bonds. The third kappa shape index (κ3) is 2.67. The van der Waals surface area contributed by atoms with Crippen molar-refractivity contribution in [2.45, 2.75) is 82.9 Å². The first-order valence-electron chi connectivity index (χ1n) is 7.52. The number of rotatable bonds is 2. The minimum atomic E-state index is -0.866. The van der Waals surface area contributed by atoms with E-state index in [9.17, 15) is 4.21 Å². The minimum Gasteiger partial charge on any atom is -0.242 e. The van der Waals surface area contributed by atoms with Crippen molar-refractivity contribution in [2.24, 2.45) is 5.41 Å². The van der Waals surface area contributed by atoms with E-state index >= 15 is 0 Å². The van der Waals surface area contributed by atoms with E-state index in [1.165, 1.54) is 51.4 Å². The Labute approximate surface area is 115 Å². The summed E-state index contributed by atoms with van der Waals surface area (Å²) in [5, 5.41) is 0. The van der Waals surface area contributed by atoms with Crippen LogP contribution in [0.2, 0.25) is 0 Å². The third-order valence-electron chi connectivity index (χ3n) is 4.93. The molecular weight excluding hydrogens is 242 g/mol. The summed E-state index contributed by atoms with van der Waals surface area (Å²) >= 11 is 0. The molecule has 0 bridgehead atoms. The molecular formula is C15H29NOS. The maximum absolute atomic E-state index is 12.6. The number of nitrogens with zero attached hydrogens (tertiary/aromatic N) is 1. The van der Waals surface area contributed by atoms with Crippen LogP contribution in [0, 0.1) is 5.41 Å². The monoisotopic (exact) mass is 271 g/mol. The van der Waals surface area contributed by atoms with Crippen LogP contribution in [0.3, 0.4) is 0 Å². The van der Waals surface area contributed by atoms with E-state index in [2.05, 4.69) is 32.1 Å². The van der Waals surface area contributed by atoms with Crippen molar-refractivity contribution in [2.75, 3.05) is 7.05 Å². The van der Waals surface area contributed by atoms with Crippen molar-refractivity contribution in [1.29, 1.82) is 0 Å². The van der Waals surface area contributed by atoms with Crippen LogP contribution in [-0.2, 0) is 11.0 Å². The van der Waals surface area contributed by atoms with Gasteiger partial charge in [-0.05, 0) is 51.9 Å². The summed E-state index contributed by atoms with van der Waals surface area (Å²) in [5.41, 5.74) is 0.494. The van der Waals surface area contributed by atoms with Crippen LogP contribution in [-0.4, -0.2) is 26.4 Å². The van der Waals surface area contributed by atoms with Crippen LogP contribution < -0.4 is 0 Å². The Morgan fingerprint density at radius 2 is 1.61 bits per heavy atom. The molecule has 0 unspecified atom stereocenters. The molecule has 0 N–H and O–H groups in total. The van der Waals surface area contributed by atoms with Crippen molar-refractivity contribution in [3.8, 4) is 0 Å². The Morgan fingerprint density at radius 3 is 2.17 bits per heavy atom. The molecule has 0 aromatic rings. The van der Waals surface area contributed by atoms with Gasteiger partial charge in [-0.3, -0.25) is 0 Å². The van der Waals surface area contributed by atoms with Gasteiger partial charge < -0.3 is 0 Å². The summed E-state index contributed by atoms with van der Waals surface area (Å²) in [6.07, 6.45) is 10.8. The van der Waals surface area contributed by atoms with Gasteiger partial charge in [0.05, 0.1) is 15.7 Å². The SMILES string of the molecule is CN([C@@H]1CCCC12CCCCC2)[S@](=O)C(C)(C)C. The Hall–Kier alpha value is 0.110. The van der Waals surface area contributed by atoms with Gasteiger partial charge in [-0.25, -0.2) is 8.51 Å². The van der Waals surface area contributed by atoms with Crippen LogP contribution in [0.4, 0.5) is 0 Å². The summed E-state index contributed by atoms with van der Waals surface area (Å²) < 4.78 is 14.7. The molecule has 0 heterocycles. The molecule has 3 heteroatoms. The summed E-state index contributed by atoms with van der Waals surface area (Å²) in [6, 6.07) is 0.554. The van der Waals surface area contributed by atoms with E-state index in [1.807, 2.05) is 0 Å². The molecule has 106 valence electrons. The standard InChI is InChI=1S/C15H29NOS/c1-14(2,3)18(17)16(4)13-9-8-12-15(13)10-6-5-7-11-15/h13H,5-12H2,1-4H3/t13-,18-/m1/s1. The van der Waals surface area contributed by atoms with Crippen molar-refractivity contribution in [3.63, 3.8) is 0 Å². The highest BCUT2D eigenvalue weighted by molar-refractivity contribution is 7.84. The molecule has 2 aliphatic rings. The second-order valence-electron chi connectivity index (χ2n) is 7.24. The molecule has 2 nitrogen and oxygen atoms in total. The first kappa shape index (κ1) is 14.5. The quantitative estimate of drug-likeness (QED) is 0.746. The molecule has 2 fully saturated rings. The topological polar surface area (TPSA) is 20.3 Å². The van der Waals surface area contributed by atoms with Gasteiger partial charge in [0.15, 0.2) is 0 Å². The van der Waals surface area contributed by atoms with Gasteiger partial charge in [-0.2, -0.15) is 0 Å². The maximum atomic E-state index is 12.6. The highest BCUT2D eigenvalue weighted by Crippen LogP contribution is 2.51. The third-order valence-corrected chi connectivity index (χ3v) is 6.76. The molecule has 0 aliphatic heterocycles. The lowest BCUT2D eigenvalue weighted by Crippen LogP contribution is -2.48. The zero-order valence-electron chi connectivity index (χ0n) is 12.5. The Morgan fingerprint density at radius 1 is 1.06 bits per heavy atom. The molecule has 2 aliphatic carbocycles. The summed E-state index contributed by atoms with van der Waals surface area (Å²) in [4.78, 5) is 0. The number of hydrogen-bond donors (Lipinski definition) is 0. The lowest BCUT2D eigenvalue weighted by Gasteiger charge is -2.44. The van der Waals surface area contributed by atoms with Gasteiger partial charge in [0.2, 0.25) is 0 Å². The predicted octanol–water partition coefficient (Wildman–Crippen LogP) is 3.88. The van der Waals surface area contributed by atoms with E-state index in [0.717, 1.165) is 0 Å². The minimum absolute atomic E-state index is 0.132. The molecule has 1 spiro atoms. The molecule has 2 rings (SSSR count). The van der Waals surface area contributed by atoms with Gasteiger partial charge in [0.25, 0.3) is 0 Å². The van der Waals surface area contributed by atoms with E-state index < -0.39 is 11.0 Å². The second kappa shape index (κ2) is 5.24. The number of hydrogen-bond acceptors (Lipinski definition) is 1. The first-order chi connectivity index (χ1) is 8.37. The molecule has 18 heavy (non-hydrogen) atoms. The lowest BCUT2D eigenvalue weighted by atomic mass is 9.70. The largest absolute Gasteiger partial charge is 0.242 e. The van der Waals surface area contributed by atoms with E-state index in [1.54, 1.807) is 0 Å². The Kier molecular flexibility index (Phi) is 4.23. The molecule has 0 aromatic carbocycles.